The van der Waals surface area contributed by atoms with Crippen LogP contribution in [0.3, 0.4) is 0 Å². The van der Waals surface area contributed by atoms with E-state index in [-0.39, 0.29) is 6.10 Å². The van der Waals surface area contributed by atoms with Crippen molar-refractivity contribution in [2.24, 2.45) is 16.7 Å². The van der Waals surface area contributed by atoms with Crippen molar-refractivity contribution in [2.75, 3.05) is 11.9 Å². The Morgan fingerprint density at radius 2 is 1.95 bits per heavy atom. The number of rotatable bonds is 5. The number of fused-ring (bicyclic) bond motifs is 2. The summed E-state index contributed by atoms with van der Waals surface area (Å²) in [5, 5.41) is 3.47. The Balaban J connectivity index is 1.55. The number of hydrogen-bond donors (Lipinski definition) is 1. The van der Waals surface area contributed by atoms with Crippen LogP contribution >= 0.6 is 0 Å². The normalized spacial score (nSPS) is 34.9. The maximum Gasteiger partial charge on any atom is 0.0723 e. The minimum Gasteiger partial charge on any atom is -0.382 e. The molecule has 4 unspecified atom stereocenters. The van der Waals surface area contributed by atoms with Crippen LogP contribution in [0.5, 0.6) is 0 Å². The zero-order valence-corrected chi connectivity index (χ0v) is 13.9. The van der Waals surface area contributed by atoms with Crippen molar-refractivity contribution in [3.63, 3.8) is 0 Å². The predicted octanol–water partition coefficient (Wildman–Crippen LogP) is 4.72. The SMILES string of the molecule is CC(CNc1ccccc1)OC1CC2CCC1(C)C2(C)C. The summed E-state index contributed by atoms with van der Waals surface area (Å²) in [5.41, 5.74) is 1.97. The molecular formula is C19H29NO. The molecule has 0 aliphatic heterocycles. The van der Waals surface area contributed by atoms with Crippen LogP contribution in [0.15, 0.2) is 30.3 Å². The summed E-state index contributed by atoms with van der Waals surface area (Å²) < 4.78 is 6.44. The van der Waals surface area contributed by atoms with Crippen LogP contribution in [0, 0.1) is 16.7 Å². The first kappa shape index (κ1) is 14.9. The van der Waals surface area contributed by atoms with E-state index in [0.717, 1.165) is 12.5 Å². The number of hydrogen-bond acceptors (Lipinski definition) is 2. The van der Waals surface area contributed by atoms with Gasteiger partial charge in [0.15, 0.2) is 0 Å². The molecule has 0 saturated heterocycles. The molecule has 0 spiro atoms. The van der Waals surface area contributed by atoms with Crippen LogP contribution in [0.4, 0.5) is 5.69 Å². The minimum atomic E-state index is 0.252. The fraction of sp³-hybridized carbons (Fsp3) is 0.684. The van der Waals surface area contributed by atoms with Gasteiger partial charge in [-0.3, -0.25) is 0 Å². The molecule has 0 heterocycles. The van der Waals surface area contributed by atoms with Crippen molar-refractivity contribution in [1.82, 2.24) is 0 Å². The lowest BCUT2D eigenvalue weighted by Gasteiger charge is -2.40. The highest BCUT2D eigenvalue weighted by molar-refractivity contribution is 5.42. The van der Waals surface area contributed by atoms with Gasteiger partial charge in [-0.15, -0.1) is 0 Å². The molecule has 2 aliphatic carbocycles. The lowest BCUT2D eigenvalue weighted by Crippen LogP contribution is -2.39. The summed E-state index contributed by atoms with van der Waals surface area (Å²) in [6.45, 7) is 10.4. The van der Waals surface area contributed by atoms with Gasteiger partial charge in [-0.2, -0.15) is 0 Å². The molecule has 2 nitrogen and oxygen atoms in total. The standard InChI is InChI=1S/C19H29NO/c1-14(13-20-16-8-6-5-7-9-16)21-17-12-15-10-11-19(17,4)18(15,2)3/h5-9,14-15,17,20H,10-13H2,1-4H3. The van der Waals surface area contributed by atoms with Gasteiger partial charge in [-0.05, 0) is 55.1 Å². The average Bonchev–Trinajstić information content (AvgIpc) is 2.79. The molecule has 2 bridgehead atoms. The van der Waals surface area contributed by atoms with Gasteiger partial charge in [0.05, 0.1) is 12.2 Å². The number of benzene rings is 1. The van der Waals surface area contributed by atoms with Gasteiger partial charge >= 0.3 is 0 Å². The van der Waals surface area contributed by atoms with Gasteiger partial charge in [0.25, 0.3) is 0 Å². The molecule has 0 amide bonds. The number of nitrogens with one attached hydrogen (secondary N) is 1. The molecule has 1 N–H and O–H groups in total. The highest BCUT2D eigenvalue weighted by Crippen LogP contribution is 2.66. The second kappa shape index (κ2) is 5.31. The Hall–Kier alpha value is -1.02. The molecule has 1 aromatic carbocycles. The fourth-order valence-electron chi connectivity index (χ4n) is 4.48. The van der Waals surface area contributed by atoms with E-state index >= 15 is 0 Å². The molecule has 116 valence electrons. The Bertz CT molecular complexity index is 484. The third-order valence-corrected chi connectivity index (χ3v) is 6.48. The summed E-state index contributed by atoms with van der Waals surface area (Å²) in [6, 6.07) is 10.4. The van der Waals surface area contributed by atoms with Crippen molar-refractivity contribution in [1.29, 1.82) is 0 Å². The number of para-hydroxylation sites is 1. The Morgan fingerprint density at radius 1 is 1.24 bits per heavy atom. The molecule has 2 fully saturated rings. The third kappa shape index (κ3) is 2.48. The molecule has 3 rings (SSSR count). The summed E-state index contributed by atoms with van der Waals surface area (Å²) in [6.07, 6.45) is 4.65. The largest absolute Gasteiger partial charge is 0.382 e. The first-order chi connectivity index (χ1) is 9.93. The van der Waals surface area contributed by atoms with Crippen LogP contribution in [-0.4, -0.2) is 18.8 Å². The first-order valence-corrected chi connectivity index (χ1v) is 8.38. The third-order valence-electron chi connectivity index (χ3n) is 6.48. The molecule has 1 aromatic rings. The maximum atomic E-state index is 6.44. The molecule has 2 heteroatoms. The van der Waals surface area contributed by atoms with Crippen LogP contribution in [0.25, 0.3) is 0 Å². The maximum absolute atomic E-state index is 6.44. The Morgan fingerprint density at radius 3 is 2.52 bits per heavy atom. The van der Waals surface area contributed by atoms with Gasteiger partial charge in [-0.1, -0.05) is 39.0 Å². The highest BCUT2D eigenvalue weighted by Gasteiger charge is 2.62. The topological polar surface area (TPSA) is 21.3 Å². The monoisotopic (exact) mass is 287 g/mol. The summed E-state index contributed by atoms with van der Waals surface area (Å²) in [7, 11) is 0. The summed E-state index contributed by atoms with van der Waals surface area (Å²) in [5.74, 6) is 0.849. The van der Waals surface area contributed by atoms with Gasteiger partial charge in [0, 0.05) is 12.2 Å². The van der Waals surface area contributed by atoms with Crippen molar-refractivity contribution in [2.45, 2.75) is 59.2 Å². The van der Waals surface area contributed by atoms with E-state index in [4.69, 9.17) is 4.74 Å². The van der Waals surface area contributed by atoms with Crippen LogP contribution in [-0.2, 0) is 4.74 Å². The second-order valence-corrected chi connectivity index (χ2v) is 7.79. The Labute approximate surface area is 129 Å². The molecule has 2 saturated carbocycles. The minimum absolute atomic E-state index is 0.252. The van der Waals surface area contributed by atoms with Gasteiger partial charge in [-0.25, -0.2) is 0 Å². The molecule has 21 heavy (non-hydrogen) atoms. The quantitative estimate of drug-likeness (QED) is 0.846. The van der Waals surface area contributed by atoms with Crippen molar-refractivity contribution < 1.29 is 4.74 Å². The van der Waals surface area contributed by atoms with E-state index in [1.807, 2.05) is 6.07 Å². The smallest absolute Gasteiger partial charge is 0.0723 e. The first-order valence-electron chi connectivity index (χ1n) is 8.38. The van der Waals surface area contributed by atoms with Crippen molar-refractivity contribution in [3.05, 3.63) is 30.3 Å². The van der Waals surface area contributed by atoms with E-state index in [2.05, 4.69) is 57.3 Å². The fourth-order valence-corrected chi connectivity index (χ4v) is 4.48. The highest BCUT2D eigenvalue weighted by atomic mass is 16.5. The van der Waals surface area contributed by atoms with Gasteiger partial charge < -0.3 is 10.1 Å². The average molecular weight is 287 g/mol. The van der Waals surface area contributed by atoms with Gasteiger partial charge in [0.1, 0.15) is 0 Å². The van der Waals surface area contributed by atoms with E-state index in [1.54, 1.807) is 0 Å². The van der Waals surface area contributed by atoms with Gasteiger partial charge in [0.2, 0.25) is 0 Å². The molecule has 0 aromatic heterocycles. The van der Waals surface area contributed by atoms with E-state index in [1.165, 1.54) is 24.9 Å². The van der Waals surface area contributed by atoms with Crippen LogP contribution in [0.2, 0.25) is 0 Å². The van der Waals surface area contributed by atoms with E-state index in [9.17, 15) is 0 Å². The number of ether oxygens (including phenoxy) is 1. The zero-order valence-electron chi connectivity index (χ0n) is 13.9. The summed E-state index contributed by atoms with van der Waals surface area (Å²) in [4.78, 5) is 0. The number of anilines is 1. The van der Waals surface area contributed by atoms with Crippen molar-refractivity contribution >= 4 is 5.69 Å². The molecule has 2 aliphatic rings. The van der Waals surface area contributed by atoms with Crippen molar-refractivity contribution in [3.8, 4) is 0 Å². The molecule has 0 radical (unpaired) electrons. The molecular weight excluding hydrogens is 258 g/mol. The van der Waals surface area contributed by atoms with Crippen LogP contribution < -0.4 is 5.32 Å². The second-order valence-electron chi connectivity index (χ2n) is 7.79. The van der Waals surface area contributed by atoms with E-state index < -0.39 is 0 Å². The van der Waals surface area contributed by atoms with E-state index in [0.29, 0.717) is 16.9 Å². The molecule has 4 atom stereocenters. The predicted molar refractivity (Wildman–Crippen MR) is 88.5 cm³/mol. The summed E-state index contributed by atoms with van der Waals surface area (Å²) >= 11 is 0. The van der Waals surface area contributed by atoms with Crippen LogP contribution in [0.1, 0.15) is 47.0 Å². The lowest BCUT2D eigenvalue weighted by molar-refractivity contribution is -0.0756. The lowest BCUT2D eigenvalue weighted by atomic mass is 9.70. The zero-order chi connectivity index (χ0) is 15.1. The Kier molecular flexibility index (Phi) is 3.77.